The van der Waals surface area contributed by atoms with Crippen molar-refractivity contribution in [2.45, 2.75) is 0 Å². The number of carboxylic acids is 1. The molecule has 0 aliphatic carbocycles. The van der Waals surface area contributed by atoms with Crippen molar-refractivity contribution in [1.82, 2.24) is 9.88 Å². The second-order valence-corrected chi connectivity index (χ2v) is 3.62. The van der Waals surface area contributed by atoms with E-state index in [2.05, 4.69) is 16.2 Å². The molecule has 0 saturated heterocycles. The topological polar surface area (TPSA) is 82.5 Å². The average molecular weight is 239 g/mol. The zero-order valence-electron chi connectivity index (χ0n) is 8.21. The Hall–Kier alpha value is -2.07. The van der Waals surface area contributed by atoms with E-state index in [1.54, 1.807) is 5.38 Å². The SMILES string of the molecule is C#CCN(CC(=O)O)C(=O)Nc1nccs1. The molecule has 2 amide bonds. The van der Waals surface area contributed by atoms with Crippen LogP contribution in [0.4, 0.5) is 9.93 Å². The van der Waals surface area contributed by atoms with Gasteiger partial charge in [0.2, 0.25) is 0 Å². The van der Waals surface area contributed by atoms with Gasteiger partial charge in [0.25, 0.3) is 0 Å². The number of carboxylic acid groups (broad SMARTS) is 1. The lowest BCUT2D eigenvalue weighted by Gasteiger charge is -2.17. The highest BCUT2D eigenvalue weighted by atomic mass is 32.1. The molecule has 0 spiro atoms. The van der Waals surface area contributed by atoms with Crippen LogP contribution in [0.25, 0.3) is 0 Å². The molecule has 0 fully saturated rings. The highest BCUT2D eigenvalue weighted by Gasteiger charge is 2.16. The first-order chi connectivity index (χ1) is 7.63. The van der Waals surface area contributed by atoms with E-state index in [0.29, 0.717) is 5.13 Å². The first-order valence-corrected chi connectivity index (χ1v) is 5.12. The second-order valence-electron chi connectivity index (χ2n) is 2.72. The van der Waals surface area contributed by atoms with Crippen LogP contribution >= 0.6 is 11.3 Å². The molecule has 0 radical (unpaired) electrons. The number of rotatable bonds is 4. The van der Waals surface area contributed by atoms with E-state index >= 15 is 0 Å². The van der Waals surface area contributed by atoms with Crippen molar-refractivity contribution in [2.75, 3.05) is 18.4 Å². The number of thiazole rings is 1. The molecule has 84 valence electrons. The van der Waals surface area contributed by atoms with Crippen LogP contribution in [0.15, 0.2) is 11.6 Å². The number of carbonyl (C=O) groups excluding carboxylic acids is 1. The molecule has 1 heterocycles. The molecule has 6 nitrogen and oxygen atoms in total. The van der Waals surface area contributed by atoms with E-state index < -0.39 is 18.5 Å². The third-order valence-corrected chi connectivity index (χ3v) is 2.23. The predicted octanol–water partition coefficient (Wildman–Crippen LogP) is 0.695. The van der Waals surface area contributed by atoms with Gasteiger partial charge in [0.1, 0.15) is 6.54 Å². The van der Waals surface area contributed by atoms with Crippen LogP contribution < -0.4 is 5.32 Å². The van der Waals surface area contributed by atoms with Gasteiger partial charge in [-0.3, -0.25) is 10.1 Å². The van der Waals surface area contributed by atoms with Crippen molar-refractivity contribution in [3.8, 4) is 12.3 Å². The Kier molecular flexibility index (Phi) is 4.29. The zero-order valence-corrected chi connectivity index (χ0v) is 9.03. The van der Waals surface area contributed by atoms with Crippen molar-refractivity contribution < 1.29 is 14.7 Å². The van der Waals surface area contributed by atoms with E-state index in [0.717, 1.165) is 4.90 Å². The summed E-state index contributed by atoms with van der Waals surface area (Å²) in [6.45, 7) is -0.509. The van der Waals surface area contributed by atoms with Gasteiger partial charge in [-0.1, -0.05) is 5.92 Å². The van der Waals surface area contributed by atoms with E-state index in [-0.39, 0.29) is 6.54 Å². The molecule has 0 aliphatic rings. The number of aromatic nitrogens is 1. The van der Waals surface area contributed by atoms with Gasteiger partial charge >= 0.3 is 12.0 Å². The predicted molar refractivity (Wildman–Crippen MR) is 59.2 cm³/mol. The van der Waals surface area contributed by atoms with Crippen LogP contribution in [-0.4, -0.2) is 40.1 Å². The number of hydrogen-bond donors (Lipinski definition) is 2. The smallest absolute Gasteiger partial charge is 0.324 e. The number of nitrogens with one attached hydrogen (secondary N) is 1. The first-order valence-electron chi connectivity index (χ1n) is 4.24. The van der Waals surface area contributed by atoms with E-state index in [1.807, 2.05) is 0 Å². The van der Waals surface area contributed by atoms with Crippen molar-refractivity contribution in [2.24, 2.45) is 0 Å². The van der Waals surface area contributed by atoms with Crippen LogP contribution in [0.3, 0.4) is 0 Å². The highest BCUT2D eigenvalue weighted by molar-refractivity contribution is 7.13. The largest absolute Gasteiger partial charge is 0.480 e. The van der Waals surface area contributed by atoms with Gasteiger partial charge in [0.05, 0.1) is 6.54 Å². The molecule has 16 heavy (non-hydrogen) atoms. The Balaban J connectivity index is 2.60. The van der Waals surface area contributed by atoms with Crippen LogP contribution in [0.1, 0.15) is 0 Å². The van der Waals surface area contributed by atoms with Gasteiger partial charge < -0.3 is 10.0 Å². The van der Waals surface area contributed by atoms with Crippen LogP contribution in [0, 0.1) is 12.3 Å². The molecule has 1 rings (SSSR count). The third kappa shape index (κ3) is 3.59. The molecular weight excluding hydrogens is 230 g/mol. The Morgan fingerprint density at radius 3 is 2.94 bits per heavy atom. The summed E-state index contributed by atoms with van der Waals surface area (Å²) < 4.78 is 0. The quantitative estimate of drug-likeness (QED) is 0.757. The fourth-order valence-electron chi connectivity index (χ4n) is 0.929. The van der Waals surface area contributed by atoms with E-state index in [4.69, 9.17) is 11.5 Å². The second kappa shape index (κ2) is 5.72. The number of urea groups is 1. The maximum Gasteiger partial charge on any atom is 0.324 e. The third-order valence-electron chi connectivity index (χ3n) is 1.54. The summed E-state index contributed by atoms with van der Waals surface area (Å²) in [7, 11) is 0. The molecule has 0 unspecified atom stereocenters. The number of hydrogen-bond acceptors (Lipinski definition) is 4. The Bertz CT molecular complexity index is 410. The Morgan fingerprint density at radius 1 is 1.69 bits per heavy atom. The standard InChI is InChI=1S/C9H9N3O3S/c1-2-4-12(6-7(13)14)9(15)11-8-10-3-5-16-8/h1,3,5H,4,6H2,(H,13,14)(H,10,11,15). The minimum atomic E-state index is -1.12. The molecule has 0 aromatic carbocycles. The average Bonchev–Trinajstić information content (AvgIpc) is 2.69. The van der Waals surface area contributed by atoms with Crippen LogP contribution in [0.2, 0.25) is 0 Å². The van der Waals surface area contributed by atoms with Gasteiger partial charge in [0.15, 0.2) is 5.13 Å². The van der Waals surface area contributed by atoms with Gasteiger partial charge in [-0.25, -0.2) is 9.78 Å². The maximum absolute atomic E-state index is 11.6. The van der Waals surface area contributed by atoms with Crippen molar-refractivity contribution in [3.05, 3.63) is 11.6 Å². The summed E-state index contributed by atoms with van der Waals surface area (Å²) in [5, 5.41) is 13.1. The van der Waals surface area contributed by atoms with E-state index in [1.165, 1.54) is 17.5 Å². The molecule has 0 bridgehead atoms. The summed E-state index contributed by atoms with van der Waals surface area (Å²) in [4.78, 5) is 26.9. The van der Waals surface area contributed by atoms with Gasteiger partial charge in [-0.05, 0) is 0 Å². The number of carbonyl (C=O) groups is 2. The lowest BCUT2D eigenvalue weighted by atomic mass is 10.5. The lowest BCUT2D eigenvalue weighted by Crippen LogP contribution is -2.38. The summed E-state index contributed by atoms with van der Waals surface area (Å²) >= 11 is 1.24. The zero-order chi connectivity index (χ0) is 12.0. The van der Waals surface area contributed by atoms with Gasteiger partial charge in [0, 0.05) is 11.6 Å². The molecular formula is C9H9N3O3S. The number of terminal acetylenes is 1. The summed E-state index contributed by atoms with van der Waals surface area (Å²) in [6.07, 6.45) is 6.57. The fourth-order valence-corrected chi connectivity index (χ4v) is 1.45. The lowest BCUT2D eigenvalue weighted by molar-refractivity contribution is -0.137. The maximum atomic E-state index is 11.6. The highest BCUT2D eigenvalue weighted by Crippen LogP contribution is 2.10. The fraction of sp³-hybridized carbons (Fsp3) is 0.222. The Labute approximate surface area is 95.9 Å². The van der Waals surface area contributed by atoms with Crippen molar-refractivity contribution in [1.29, 1.82) is 0 Å². The minimum absolute atomic E-state index is 0.0660. The van der Waals surface area contributed by atoms with Crippen LogP contribution in [-0.2, 0) is 4.79 Å². The number of nitrogens with zero attached hydrogens (tertiary/aromatic N) is 2. The van der Waals surface area contributed by atoms with Crippen molar-refractivity contribution in [3.63, 3.8) is 0 Å². The number of amides is 2. The minimum Gasteiger partial charge on any atom is -0.480 e. The number of anilines is 1. The normalized spacial score (nSPS) is 9.19. The molecule has 7 heteroatoms. The summed E-state index contributed by atoms with van der Waals surface area (Å²) in [5.74, 6) is 1.10. The molecule has 1 aromatic rings. The molecule has 0 atom stereocenters. The van der Waals surface area contributed by atoms with E-state index in [9.17, 15) is 9.59 Å². The van der Waals surface area contributed by atoms with Gasteiger partial charge in [-0.2, -0.15) is 0 Å². The molecule has 0 saturated carbocycles. The number of aliphatic carboxylic acids is 1. The monoisotopic (exact) mass is 239 g/mol. The molecule has 0 aliphatic heterocycles. The molecule has 1 aromatic heterocycles. The van der Waals surface area contributed by atoms with Gasteiger partial charge in [-0.15, -0.1) is 17.8 Å². The first kappa shape index (κ1) is 12.0. The van der Waals surface area contributed by atoms with Crippen LogP contribution in [0.5, 0.6) is 0 Å². The summed E-state index contributed by atoms with van der Waals surface area (Å²) in [5.41, 5.74) is 0. The van der Waals surface area contributed by atoms with Crippen molar-refractivity contribution >= 4 is 28.5 Å². The summed E-state index contributed by atoms with van der Waals surface area (Å²) in [6, 6.07) is -0.574. The Morgan fingerprint density at radius 2 is 2.44 bits per heavy atom. The molecule has 2 N–H and O–H groups in total.